The molecule has 0 rings (SSSR count). The summed E-state index contributed by atoms with van der Waals surface area (Å²) in [7, 11) is 0. The van der Waals surface area contributed by atoms with Crippen LogP contribution in [0.5, 0.6) is 0 Å². The van der Waals surface area contributed by atoms with Crippen LogP contribution in [0.4, 0.5) is 87.8 Å². The van der Waals surface area contributed by atoms with Crippen molar-refractivity contribution >= 4 is 23.5 Å². The molecule has 0 heterocycles. The highest BCUT2D eigenvalue weighted by Crippen LogP contribution is 2.49. The van der Waals surface area contributed by atoms with Crippen LogP contribution in [0.25, 0.3) is 0 Å². The third-order valence-electron chi connectivity index (χ3n) is 3.62. The van der Waals surface area contributed by atoms with Crippen molar-refractivity contribution in [2.75, 3.05) is 0 Å². The van der Waals surface area contributed by atoms with E-state index >= 15 is 0 Å². The lowest BCUT2D eigenvalue weighted by Gasteiger charge is -2.33. The maximum Gasteiger partial charge on any atom is 0.460 e. The van der Waals surface area contributed by atoms with E-state index in [2.05, 4.69) is 4.74 Å². The molecule has 0 radical (unpaired) electrons. The first kappa shape index (κ1) is 45.8. The van der Waals surface area contributed by atoms with Crippen molar-refractivity contribution in [3.8, 4) is 0 Å². The fourth-order valence-corrected chi connectivity index (χ4v) is 1.39. The molecule has 0 unspecified atom stereocenters. The van der Waals surface area contributed by atoms with Crippen LogP contribution in [0.1, 0.15) is 13.8 Å². The van der Waals surface area contributed by atoms with E-state index in [0.29, 0.717) is 0 Å². The van der Waals surface area contributed by atoms with Crippen LogP contribution in [-0.4, -0.2) is 94.8 Å². The molecule has 11 nitrogen and oxygen atoms in total. The maximum absolute atomic E-state index is 12.9. The summed E-state index contributed by atoms with van der Waals surface area (Å²) in [5, 5.41) is 15.4. The second kappa shape index (κ2) is 13.7. The highest BCUT2D eigenvalue weighted by molar-refractivity contribution is 5.81. The number of alkyl halides is 20. The monoisotopic (exact) mass is 756 g/mol. The van der Waals surface area contributed by atoms with Crippen LogP contribution in [-0.2, 0) is 42.9 Å². The topological polar surface area (TPSA) is 155 Å². The van der Waals surface area contributed by atoms with Crippen LogP contribution in [0.15, 0.2) is 0 Å². The first-order valence-corrected chi connectivity index (χ1v) is 9.83. The number of carboxylic acids is 2. The largest absolute Gasteiger partial charge is 0.475 e. The van der Waals surface area contributed by atoms with Gasteiger partial charge in [0.1, 0.15) is 0 Å². The molecule has 31 heteroatoms. The predicted octanol–water partition coefficient (Wildman–Crippen LogP) is 5.33. The minimum absolute atomic E-state index is 0.0130. The van der Waals surface area contributed by atoms with Gasteiger partial charge >= 0.3 is 73.0 Å². The predicted molar refractivity (Wildman–Crippen MR) is 91.5 cm³/mol. The molecule has 0 atom stereocenters. The summed E-state index contributed by atoms with van der Waals surface area (Å²) in [5.74, 6) is -12.1. The Kier molecular flexibility index (Phi) is 13.3. The number of ether oxygens (including phenoxy) is 5. The zero-order valence-electron chi connectivity index (χ0n) is 21.1. The normalized spacial score (nSPS) is 14.7. The lowest BCUT2D eigenvalue weighted by Crippen LogP contribution is -2.58. The Morgan fingerprint density at radius 1 is 0.340 bits per heavy atom. The highest BCUT2D eigenvalue weighted by atomic mass is 19.4. The molecule has 0 aromatic carbocycles. The fraction of sp³-hybridized carbons (Fsp3) is 0.750. The van der Waals surface area contributed by atoms with E-state index < -0.39 is 84.6 Å². The van der Waals surface area contributed by atoms with Gasteiger partial charge in [0.25, 0.3) is 0 Å². The van der Waals surface area contributed by atoms with Gasteiger partial charge in [0, 0.05) is 13.8 Å². The van der Waals surface area contributed by atoms with E-state index in [1.165, 1.54) is 0 Å². The van der Waals surface area contributed by atoms with Crippen molar-refractivity contribution in [2.45, 2.75) is 74.9 Å². The molecule has 0 aliphatic heterocycles. The van der Waals surface area contributed by atoms with Gasteiger partial charge in [0.2, 0.25) is 11.6 Å². The summed E-state index contributed by atoms with van der Waals surface area (Å²) in [4.78, 5) is 39.9. The van der Waals surface area contributed by atoms with Crippen LogP contribution in [0.3, 0.4) is 0 Å². The van der Waals surface area contributed by atoms with Gasteiger partial charge in [-0.2, -0.15) is 87.8 Å². The van der Waals surface area contributed by atoms with Crippen LogP contribution >= 0.6 is 0 Å². The summed E-state index contributed by atoms with van der Waals surface area (Å²) in [6.07, 6.45) is -64.2. The quantitative estimate of drug-likeness (QED) is 0.185. The maximum atomic E-state index is 12.9. The minimum atomic E-state index is -7.15. The third-order valence-corrected chi connectivity index (χ3v) is 3.62. The lowest BCUT2D eigenvalue weighted by molar-refractivity contribution is -0.551. The zero-order chi connectivity index (χ0) is 38.8. The van der Waals surface area contributed by atoms with Crippen LogP contribution in [0, 0.1) is 0 Å². The average Bonchev–Trinajstić information content (AvgIpc) is 2.75. The first-order chi connectivity index (χ1) is 20.1. The number of carboxylic acid groups (broad SMARTS) is 2. The number of hydrogen-bond acceptors (Lipinski definition) is 9. The third kappa shape index (κ3) is 11.7. The Hall–Kier alpha value is -3.32. The Bertz CT molecular complexity index is 1080. The molecular formula is C16H8F20O11. The van der Waals surface area contributed by atoms with Crippen LogP contribution in [0.2, 0.25) is 0 Å². The molecule has 0 aliphatic rings. The lowest BCUT2D eigenvalue weighted by atomic mass is 10.4. The van der Waals surface area contributed by atoms with E-state index in [4.69, 9.17) is 10.2 Å². The molecule has 2 N–H and O–H groups in total. The summed E-state index contributed by atoms with van der Waals surface area (Å²) < 4.78 is 262. The molecule has 0 bridgehead atoms. The molecule has 0 fully saturated rings. The van der Waals surface area contributed by atoms with Crippen molar-refractivity contribution in [3.05, 3.63) is 0 Å². The molecule has 0 amide bonds. The number of carbonyl (C=O) groups excluding carboxylic acids is 2. The Balaban J connectivity index is 0. The molecule has 0 aromatic heterocycles. The summed E-state index contributed by atoms with van der Waals surface area (Å²) in [5.41, 5.74) is 0. The van der Waals surface area contributed by atoms with E-state index in [0.717, 1.165) is 0 Å². The average molecular weight is 756 g/mol. The molecule has 47 heavy (non-hydrogen) atoms. The van der Waals surface area contributed by atoms with Crippen molar-refractivity contribution in [3.63, 3.8) is 0 Å². The number of Topliss-reactive ketones (excluding diaryl/α,β-unsaturated/α-hetero) is 2. The molecular weight excluding hydrogens is 748 g/mol. The first-order valence-electron chi connectivity index (χ1n) is 9.83. The van der Waals surface area contributed by atoms with Crippen molar-refractivity contribution in [1.29, 1.82) is 0 Å². The fourth-order valence-electron chi connectivity index (χ4n) is 1.39. The molecule has 0 saturated heterocycles. The highest BCUT2D eigenvalue weighted by Gasteiger charge is 2.75. The summed E-state index contributed by atoms with van der Waals surface area (Å²) in [6, 6.07) is 0. The number of aliphatic carboxylic acids is 2. The Morgan fingerprint density at radius 3 is 0.638 bits per heavy atom. The molecule has 278 valence electrons. The van der Waals surface area contributed by atoms with Gasteiger partial charge in [-0.3, -0.25) is 9.59 Å². The number of hydrogen-bond donors (Lipinski definition) is 2. The van der Waals surface area contributed by atoms with Gasteiger partial charge < -0.3 is 10.2 Å². The summed E-state index contributed by atoms with van der Waals surface area (Å²) >= 11 is 0. The number of halogens is 20. The van der Waals surface area contributed by atoms with Crippen molar-refractivity contribution < 1.29 is 141 Å². The van der Waals surface area contributed by atoms with E-state index in [1.807, 2.05) is 9.47 Å². The molecule has 0 saturated carbocycles. The molecule has 0 aliphatic carbocycles. The van der Waals surface area contributed by atoms with Crippen LogP contribution < -0.4 is 0 Å². The van der Waals surface area contributed by atoms with E-state index in [-0.39, 0.29) is 13.8 Å². The smallest absolute Gasteiger partial charge is 0.460 e. The van der Waals surface area contributed by atoms with E-state index in [1.54, 1.807) is 9.47 Å². The summed E-state index contributed by atoms with van der Waals surface area (Å²) in [6.45, 7) is -0.194. The SMILES string of the molecule is CC(=O)C(F)(F)OC(F)(F)C(F)(F)OC(F)(F)C(=O)O.CC(=O)C(F)(F)OC(F)(F)C(F)(F)OC(F)(F)C(F)(F)OC(F)(F)C(=O)O. The second-order valence-corrected chi connectivity index (χ2v) is 7.40. The van der Waals surface area contributed by atoms with Gasteiger partial charge in [-0.05, 0) is 0 Å². The number of ketones is 2. The van der Waals surface area contributed by atoms with E-state index in [9.17, 15) is 107 Å². The van der Waals surface area contributed by atoms with Gasteiger partial charge in [0.15, 0.2) is 0 Å². The van der Waals surface area contributed by atoms with Crippen molar-refractivity contribution in [2.24, 2.45) is 0 Å². The molecule has 0 spiro atoms. The second-order valence-electron chi connectivity index (χ2n) is 7.40. The molecule has 0 aromatic rings. The van der Waals surface area contributed by atoms with Gasteiger partial charge in [-0.25, -0.2) is 33.3 Å². The Morgan fingerprint density at radius 2 is 0.489 bits per heavy atom. The number of rotatable bonds is 17. The van der Waals surface area contributed by atoms with Gasteiger partial charge in [-0.1, -0.05) is 0 Å². The van der Waals surface area contributed by atoms with Crippen molar-refractivity contribution in [1.82, 2.24) is 0 Å². The standard InChI is InChI=1S/C9H4F12O6.C7H4F8O5/c1-2(22)4(10,11)25-6(14,15)8(18,19)27-9(20,21)7(16,17)26-5(12,13)3(23)24;1-2(16)4(8,9)19-6(12,13)7(14,15)20-5(10,11)3(17)18/h1H3,(H,23,24);1H3,(H,17,18). The zero-order valence-corrected chi connectivity index (χ0v) is 21.1. The van der Waals surface area contributed by atoms with Gasteiger partial charge in [0.05, 0.1) is 0 Å². The van der Waals surface area contributed by atoms with Gasteiger partial charge in [-0.15, -0.1) is 0 Å². The Labute approximate surface area is 240 Å². The minimum Gasteiger partial charge on any atom is -0.475 e. The number of carbonyl (C=O) groups is 4.